The smallest absolute Gasteiger partial charge is 0.0947 e. The molecule has 1 atom stereocenters. The van der Waals surface area contributed by atoms with Crippen LogP contribution < -0.4 is 0 Å². The maximum atomic E-state index is 9.44. The summed E-state index contributed by atoms with van der Waals surface area (Å²) in [6, 6.07) is 1.97. The summed E-state index contributed by atoms with van der Waals surface area (Å²) in [6.45, 7) is 2.78. The highest BCUT2D eigenvalue weighted by Gasteiger charge is 2.17. The molecular formula is C10H15NO2. The molecular weight excluding hydrogens is 166 g/mol. The minimum atomic E-state index is -0.138. The molecule has 1 aliphatic rings. The molecule has 0 saturated carbocycles. The van der Waals surface area contributed by atoms with E-state index in [1.54, 1.807) is 12.5 Å². The summed E-state index contributed by atoms with van der Waals surface area (Å²) in [4.78, 5) is 2.26. The Labute approximate surface area is 78.0 Å². The van der Waals surface area contributed by atoms with Gasteiger partial charge in [0.15, 0.2) is 0 Å². The fourth-order valence-electron chi connectivity index (χ4n) is 1.82. The van der Waals surface area contributed by atoms with Crippen molar-refractivity contribution in [1.29, 1.82) is 0 Å². The first kappa shape index (κ1) is 8.78. The predicted molar refractivity (Wildman–Crippen MR) is 49.2 cm³/mol. The highest BCUT2D eigenvalue weighted by atomic mass is 16.3. The number of hydrogen-bond donors (Lipinski definition) is 1. The van der Waals surface area contributed by atoms with Crippen molar-refractivity contribution in [2.24, 2.45) is 0 Å². The lowest BCUT2D eigenvalue weighted by Gasteiger charge is -2.29. The van der Waals surface area contributed by atoms with Gasteiger partial charge >= 0.3 is 0 Å². The van der Waals surface area contributed by atoms with Gasteiger partial charge in [-0.2, -0.15) is 0 Å². The standard InChI is InChI=1S/C10H15NO2/c12-10-2-1-4-11(7-10)6-9-3-5-13-8-9/h3,5,8,10,12H,1-2,4,6-7H2/t10-/m1/s1. The van der Waals surface area contributed by atoms with Gasteiger partial charge in [0.25, 0.3) is 0 Å². The first-order valence-corrected chi connectivity index (χ1v) is 4.76. The summed E-state index contributed by atoms with van der Waals surface area (Å²) in [5.74, 6) is 0. The van der Waals surface area contributed by atoms with Gasteiger partial charge in [-0.25, -0.2) is 0 Å². The normalized spacial score (nSPS) is 24.8. The number of hydrogen-bond acceptors (Lipinski definition) is 3. The number of furan rings is 1. The monoisotopic (exact) mass is 181 g/mol. The van der Waals surface area contributed by atoms with Crippen molar-refractivity contribution in [3.8, 4) is 0 Å². The molecule has 2 heterocycles. The van der Waals surface area contributed by atoms with E-state index < -0.39 is 0 Å². The molecule has 3 nitrogen and oxygen atoms in total. The zero-order valence-electron chi connectivity index (χ0n) is 7.65. The van der Waals surface area contributed by atoms with Crippen molar-refractivity contribution >= 4 is 0 Å². The second-order valence-electron chi connectivity index (χ2n) is 3.66. The van der Waals surface area contributed by atoms with Crippen molar-refractivity contribution < 1.29 is 9.52 Å². The second-order valence-corrected chi connectivity index (χ2v) is 3.66. The van der Waals surface area contributed by atoms with Crippen molar-refractivity contribution in [3.05, 3.63) is 24.2 Å². The van der Waals surface area contributed by atoms with Crippen LogP contribution in [-0.4, -0.2) is 29.2 Å². The van der Waals surface area contributed by atoms with Gasteiger partial charge in [-0.1, -0.05) is 0 Å². The van der Waals surface area contributed by atoms with Crippen molar-refractivity contribution in [2.75, 3.05) is 13.1 Å². The van der Waals surface area contributed by atoms with E-state index >= 15 is 0 Å². The largest absolute Gasteiger partial charge is 0.472 e. The van der Waals surface area contributed by atoms with Crippen LogP contribution in [0.3, 0.4) is 0 Å². The van der Waals surface area contributed by atoms with Crippen LogP contribution in [-0.2, 0) is 6.54 Å². The summed E-state index contributed by atoms with van der Waals surface area (Å²) in [5, 5.41) is 9.44. The van der Waals surface area contributed by atoms with Crippen LogP contribution in [0.15, 0.2) is 23.0 Å². The summed E-state index contributed by atoms with van der Waals surface area (Å²) in [7, 11) is 0. The average Bonchev–Trinajstić information content (AvgIpc) is 2.57. The molecule has 0 amide bonds. The van der Waals surface area contributed by atoms with E-state index in [-0.39, 0.29) is 6.10 Å². The molecule has 0 aliphatic carbocycles. The third-order valence-corrected chi connectivity index (χ3v) is 2.47. The van der Waals surface area contributed by atoms with Crippen LogP contribution in [0.2, 0.25) is 0 Å². The first-order chi connectivity index (χ1) is 6.34. The zero-order valence-corrected chi connectivity index (χ0v) is 7.65. The Morgan fingerprint density at radius 2 is 2.54 bits per heavy atom. The summed E-state index contributed by atoms with van der Waals surface area (Å²) < 4.78 is 4.99. The van der Waals surface area contributed by atoms with E-state index in [9.17, 15) is 5.11 Å². The average molecular weight is 181 g/mol. The number of aliphatic hydroxyl groups is 1. The first-order valence-electron chi connectivity index (χ1n) is 4.76. The van der Waals surface area contributed by atoms with Gasteiger partial charge < -0.3 is 9.52 Å². The highest BCUT2D eigenvalue weighted by molar-refractivity contribution is 5.05. The molecule has 72 valence electrons. The maximum Gasteiger partial charge on any atom is 0.0947 e. The molecule has 0 bridgehead atoms. The molecule has 2 rings (SSSR count). The van der Waals surface area contributed by atoms with E-state index in [4.69, 9.17) is 4.42 Å². The summed E-state index contributed by atoms with van der Waals surface area (Å²) >= 11 is 0. The van der Waals surface area contributed by atoms with Crippen molar-refractivity contribution in [1.82, 2.24) is 4.90 Å². The third-order valence-electron chi connectivity index (χ3n) is 2.47. The van der Waals surface area contributed by atoms with Gasteiger partial charge in [-0.15, -0.1) is 0 Å². The van der Waals surface area contributed by atoms with Crippen molar-refractivity contribution in [3.63, 3.8) is 0 Å². The minimum absolute atomic E-state index is 0.138. The van der Waals surface area contributed by atoms with E-state index in [0.717, 1.165) is 32.5 Å². The van der Waals surface area contributed by atoms with Crippen LogP contribution in [0.5, 0.6) is 0 Å². The Morgan fingerprint density at radius 1 is 1.62 bits per heavy atom. The van der Waals surface area contributed by atoms with Crippen LogP contribution in [0.1, 0.15) is 18.4 Å². The van der Waals surface area contributed by atoms with Gasteiger partial charge in [-0.3, -0.25) is 4.90 Å². The van der Waals surface area contributed by atoms with Gasteiger partial charge in [0, 0.05) is 18.7 Å². The molecule has 1 saturated heterocycles. The fraction of sp³-hybridized carbons (Fsp3) is 0.600. The number of rotatable bonds is 2. The number of aliphatic hydroxyl groups excluding tert-OH is 1. The SMILES string of the molecule is O[C@@H]1CCCN(Cc2ccoc2)C1. The highest BCUT2D eigenvalue weighted by Crippen LogP contribution is 2.13. The molecule has 1 aromatic heterocycles. The Kier molecular flexibility index (Phi) is 2.66. The molecule has 3 heteroatoms. The van der Waals surface area contributed by atoms with Crippen LogP contribution >= 0.6 is 0 Å². The molecule has 1 fully saturated rings. The van der Waals surface area contributed by atoms with Gasteiger partial charge in [0.2, 0.25) is 0 Å². The zero-order chi connectivity index (χ0) is 9.10. The molecule has 1 aliphatic heterocycles. The minimum Gasteiger partial charge on any atom is -0.472 e. The Bertz CT molecular complexity index is 245. The van der Waals surface area contributed by atoms with E-state index in [1.807, 2.05) is 6.07 Å². The molecule has 13 heavy (non-hydrogen) atoms. The Morgan fingerprint density at radius 3 is 3.23 bits per heavy atom. The van der Waals surface area contributed by atoms with Gasteiger partial charge in [0.1, 0.15) is 0 Å². The molecule has 0 unspecified atom stereocenters. The molecule has 1 N–H and O–H groups in total. The lowest BCUT2D eigenvalue weighted by molar-refractivity contribution is 0.0667. The topological polar surface area (TPSA) is 36.6 Å². The quantitative estimate of drug-likeness (QED) is 0.745. The lowest BCUT2D eigenvalue weighted by atomic mass is 10.1. The summed E-state index contributed by atoms with van der Waals surface area (Å²) in [5.41, 5.74) is 1.19. The molecule has 1 aromatic rings. The van der Waals surface area contributed by atoms with E-state index in [2.05, 4.69) is 4.90 Å². The fourth-order valence-corrected chi connectivity index (χ4v) is 1.82. The molecule has 0 aromatic carbocycles. The predicted octanol–water partition coefficient (Wildman–Crippen LogP) is 1.24. The molecule has 0 radical (unpaired) electrons. The second kappa shape index (κ2) is 3.94. The molecule has 0 spiro atoms. The van der Waals surface area contributed by atoms with Crippen LogP contribution in [0.25, 0.3) is 0 Å². The third kappa shape index (κ3) is 2.32. The van der Waals surface area contributed by atoms with Gasteiger partial charge in [0.05, 0.1) is 18.6 Å². The van der Waals surface area contributed by atoms with Crippen LogP contribution in [0, 0.1) is 0 Å². The van der Waals surface area contributed by atoms with Crippen LogP contribution in [0.4, 0.5) is 0 Å². The van der Waals surface area contributed by atoms with E-state index in [1.165, 1.54) is 5.56 Å². The summed E-state index contributed by atoms with van der Waals surface area (Å²) in [6.07, 6.45) is 5.36. The van der Waals surface area contributed by atoms with E-state index in [0.29, 0.717) is 0 Å². The van der Waals surface area contributed by atoms with Crippen molar-refractivity contribution in [2.45, 2.75) is 25.5 Å². The number of β-amino-alcohol motifs (C(OH)–C–C–N with tert-alkyl or cyclic N) is 1. The Hall–Kier alpha value is -0.800. The number of likely N-dealkylation sites (tertiary alicyclic amines) is 1. The number of nitrogens with zero attached hydrogens (tertiary/aromatic N) is 1. The Balaban J connectivity index is 1.87. The lowest BCUT2D eigenvalue weighted by Crippen LogP contribution is -2.37. The number of piperidine rings is 1. The maximum absolute atomic E-state index is 9.44. The van der Waals surface area contributed by atoms with Gasteiger partial charge in [-0.05, 0) is 25.5 Å².